The van der Waals surface area contributed by atoms with Crippen LogP contribution < -0.4 is 10.6 Å². The molecule has 0 radical (unpaired) electrons. The van der Waals surface area contributed by atoms with Crippen molar-refractivity contribution in [2.75, 3.05) is 31.3 Å². The highest BCUT2D eigenvalue weighted by atomic mass is 35.5. The summed E-state index contributed by atoms with van der Waals surface area (Å²) in [7, 11) is 4.18. The van der Waals surface area contributed by atoms with E-state index in [1.807, 2.05) is 10.7 Å². The summed E-state index contributed by atoms with van der Waals surface area (Å²) in [6, 6.07) is 8.63. The number of amides is 2. The summed E-state index contributed by atoms with van der Waals surface area (Å²) in [5, 5.41) is 11.3. The predicted octanol–water partition coefficient (Wildman–Crippen LogP) is 5.85. The Morgan fingerprint density at radius 3 is 2.58 bits per heavy atom. The smallest absolute Gasteiger partial charge is 0.309 e. The van der Waals surface area contributed by atoms with E-state index in [0.717, 1.165) is 30.8 Å². The SMILES string of the molecule is CN(C)CCC1C=C(n2nc(C(C)(C)C)cc2NC(=O)Nc2ccc(Cl)cc2)C=CC1. The molecule has 2 aromatic rings. The van der Waals surface area contributed by atoms with E-state index in [-0.39, 0.29) is 11.4 Å². The normalized spacial score (nSPS) is 16.4. The molecule has 166 valence electrons. The lowest BCUT2D eigenvalue weighted by atomic mass is 9.92. The van der Waals surface area contributed by atoms with Gasteiger partial charge in [-0.05, 0) is 69.7 Å². The fourth-order valence-corrected chi connectivity index (χ4v) is 3.47. The van der Waals surface area contributed by atoms with Gasteiger partial charge in [-0.25, -0.2) is 9.48 Å². The van der Waals surface area contributed by atoms with Crippen molar-refractivity contribution in [2.24, 2.45) is 5.92 Å². The van der Waals surface area contributed by atoms with Crippen LogP contribution >= 0.6 is 11.6 Å². The Kier molecular flexibility index (Phi) is 7.23. The number of allylic oxidation sites excluding steroid dienone is 4. The molecule has 7 heteroatoms. The summed E-state index contributed by atoms with van der Waals surface area (Å²) in [5.41, 5.74) is 2.42. The maximum Gasteiger partial charge on any atom is 0.324 e. The van der Waals surface area contributed by atoms with Crippen LogP contribution in [0.25, 0.3) is 5.70 Å². The number of carbonyl (C=O) groups excluding carboxylic acids is 1. The third kappa shape index (κ3) is 6.45. The first-order valence-electron chi connectivity index (χ1n) is 10.6. The van der Waals surface area contributed by atoms with Crippen LogP contribution in [0.2, 0.25) is 5.02 Å². The highest BCUT2D eigenvalue weighted by Gasteiger charge is 2.23. The Morgan fingerprint density at radius 2 is 1.94 bits per heavy atom. The summed E-state index contributed by atoms with van der Waals surface area (Å²) in [5.74, 6) is 1.08. The molecular formula is C24H32ClN5O. The zero-order chi connectivity index (χ0) is 22.6. The largest absolute Gasteiger partial charge is 0.324 e. The molecule has 1 aromatic carbocycles. The lowest BCUT2D eigenvalue weighted by Crippen LogP contribution is -2.22. The molecule has 1 atom stereocenters. The van der Waals surface area contributed by atoms with Gasteiger partial charge in [0.25, 0.3) is 0 Å². The maximum atomic E-state index is 12.7. The number of aromatic nitrogens is 2. The third-order valence-corrected chi connectivity index (χ3v) is 5.40. The standard InChI is InChI=1S/C24H32ClN5O/c1-24(2,3)21-16-22(27-23(31)26-19-11-9-18(25)10-12-19)30(28-21)20-8-6-7-17(15-20)13-14-29(4)5/h6,8-12,15-17H,7,13-14H2,1-5H3,(H2,26,27,31). The van der Waals surface area contributed by atoms with Crippen LogP contribution in [0.3, 0.4) is 0 Å². The van der Waals surface area contributed by atoms with E-state index in [2.05, 4.69) is 68.6 Å². The van der Waals surface area contributed by atoms with E-state index in [0.29, 0.717) is 22.4 Å². The van der Waals surface area contributed by atoms with E-state index < -0.39 is 0 Å². The van der Waals surface area contributed by atoms with Crippen LogP contribution in [0.15, 0.2) is 48.6 Å². The molecule has 1 aliphatic rings. The zero-order valence-corrected chi connectivity index (χ0v) is 19.7. The first kappa shape index (κ1) is 23.1. The second kappa shape index (κ2) is 9.71. The Bertz CT molecular complexity index is 967. The molecule has 0 fully saturated rings. The van der Waals surface area contributed by atoms with Crippen LogP contribution in [0.4, 0.5) is 16.3 Å². The monoisotopic (exact) mass is 441 g/mol. The van der Waals surface area contributed by atoms with Crippen molar-refractivity contribution < 1.29 is 4.79 Å². The number of nitrogens with zero attached hydrogens (tertiary/aromatic N) is 3. The summed E-state index contributed by atoms with van der Waals surface area (Å²) < 4.78 is 1.83. The molecule has 1 aliphatic carbocycles. The van der Waals surface area contributed by atoms with Gasteiger partial charge in [-0.2, -0.15) is 5.10 Å². The van der Waals surface area contributed by atoms with Gasteiger partial charge in [0.15, 0.2) is 0 Å². The highest BCUT2D eigenvalue weighted by molar-refractivity contribution is 6.30. The van der Waals surface area contributed by atoms with Crippen molar-refractivity contribution in [2.45, 2.75) is 39.0 Å². The number of rotatable bonds is 6. The van der Waals surface area contributed by atoms with Crippen molar-refractivity contribution in [1.29, 1.82) is 0 Å². The Balaban J connectivity index is 1.84. The Morgan fingerprint density at radius 1 is 1.23 bits per heavy atom. The van der Waals surface area contributed by atoms with E-state index in [9.17, 15) is 4.79 Å². The number of anilines is 2. The fraction of sp³-hybridized carbons (Fsp3) is 0.417. The van der Waals surface area contributed by atoms with E-state index in [1.54, 1.807) is 24.3 Å². The summed E-state index contributed by atoms with van der Waals surface area (Å²) >= 11 is 5.93. The van der Waals surface area contributed by atoms with Gasteiger partial charge in [-0.1, -0.05) is 44.5 Å². The first-order valence-corrected chi connectivity index (χ1v) is 11.0. The number of urea groups is 1. The maximum absolute atomic E-state index is 12.7. The van der Waals surface area contributed by atoms with Crippen LogP contribution in [-0.4, -0.2) is 41.4 Å². The molecule has 0 aliphatic heterocycles. The fourth-order valence-electron chi connectivity index (χ4n) is 3.34. The minimum atomic E-state index is -0.325. The first-order chi connectivity index (χ1) is 14.6. The molecule has 6 nitrogen and oxygen atoms in total. The average Bonchev–Trinajstić information content (AvgIpc) is 3.12. The molecule has 1 unspecified atom stereocenters. The molecule has 0 spiro atoms. The summed E-state index contributed by atoms with van der Waals surface area (Å²) in [6.45, 7) is 7.37. The molecule has 2 N–H and O–H groups in total. The van der Waals surface area contributed by atoms with Gasteiger partial charge < -0.3 is 10.2 Å². The molecule has 31 heavy (non-hydrogen) atoms. The van der Waals surface area contributed by atoms with Crippen molar-refractivity contribution in [3.63, 3.8) is 0 Å². The molecule has 0 saturated heterocycles. The minimum Gasteiger partial charge on any atom is -0.309 e. The number of carbonyl (C=O) groups is 1. The van der Waals surface area contributed by atoms with Gasteiger partial charge in [0, 0.05) is 22.2 Å². The zero-order valence-electron chi connectivity index (χ0n) is 18.9. The van der Waals surface area contributed by atoms with Gasteiger partial charge in [-0.3, -0.25) is 5.32 Å². The van der Waals surface area contributed by atoms with Crippen molar-refractivity contribution >= 4 is 34.8 Å². The van der Waals surface area contributed by atoms with Crippen LogP contribution in [0, 0.1) is 5.92 Å². The molecule has 3 rings (SSSR count). The summed E-state index contributed by atoms with van der Waals surface area (Å²) in [4.78, 5) is 14.9. The number of nitrogens with one attached hydrogen (secondary N) is 2. The number of hydrogen-bond acceptors (Lipinski definition) is 3. The lowest BCUT2D eigenvalue weighted by Gasteiger charge is -2.20. The van der Waals surface area contributed by atoms with Crippen LogP contribution in [0.5, 0.6) is 0 Å². The van der Waals surface area contributed by atoms with Gasteiger partial charge in [-0.15, -0.1) is 0 Å². The minimum absolute atomic E-state index is 0.141. The quantitative estimate of drug-likeness (QED) is 0.591. The second-order valence-corrected chi connectivity index (χ2v) is 9.68. The Labute approximate surface area is 190 Å². The van der Waals surface area contributed by atoms with E-state index in [1.165, 1.54) is 0 Å². The number of hydrogen-bond donors (Lipinski definition) is 2. The third-order valence-electron chi connectivity index (χ3n) is 5.15. The van der Waals surface area contributed by atoms with E-state index >= 15 is 0 Å². The molecule has 0 saturated carbocycles. The van der Waals surface area contributed by atoms with Crippen molar-refractivity contribution in [1.82, 2.24) is 14.7 Å². The summed E-state index contributed by atoms with van der Waals surface area (Å²) in [6.07, 6.45) is 8.61. The molecule has 0 bridgehead atoms. The topological polar surface area (TPSA) is 62.2 Å². The molecule has 2 amide bonds. The lowest BCUT2D eigenvalue weighted by molar-refractivity contribution is 0.262. The van der Waals surface area contributed by atoms with Gasteiger partial charge in [0.1, 0.15) is 5.82 Å². The average molecular weight is 442 g/mol. The van der Waals surface area contributed by atoms with Gasteiger partial charge >= 0.3 is 6.03 Å². The number of benzene rings is 1. The van der Waals surface area contributed by atoms with Crippen LogP contribution in [-0.2, 0) is 5.41 Å². The van der Waals surface area contributed by atoms with Crippen molar-refractivity contribution in [3.05, 3.63) is 59.3 Å². The van der Waals surface area contributed by atoms with Gasteiger partial charge in [0.2, 0.25) is 0 Å². The van der Waals surface area contributed by atoms with Crippen molar-refractivity contribution in [3.8, 4) is 0 Å². The van der Waals surface area contributed by atoms with Gasteiger partial charge in [0.05, 0.1) is 11.4 Å². The van der Waals surface area contributed by atoms with Crippen LogP contribution in [0.1, 0.15) is 39.3 Å². The Hall–Kier alpha value is -2.57. The highest BCUT2D eigenvalue weighted by Crippen LogP contribution is 2.29. The predicted molar refractivity (Wildman–Crippen MR) is 130 cm³/mol. The molecule has 1 aromatic heterocycles. The van der Waals surface area contributed by atoms with E-state index in [4.69, 9.17) is 16.7 Å². The number of halogens is 1. The molecule has 1 heterocycles. The molecular weight excluding hydrogens is 410 g/mol. The second-order valence-electron chi connectivity index (χ2n) is 9.24.